The van der Waals surface area contributed by atoms with Crippen molar-refractivity contribution in [1.29, 1.82) is 0 Å². The lowest BCUT2D eigenvalue weighted by Gasteiger charge is -2.32. The van der Waals surface area contributed by atoms with Crippen molar-refractivity contribution in [2.45, 2.75) is 71.9 Å². The first-order valence-electron chi connectivity index (χ1n) is 12.9. The third-order valence-corrected chi connectivity index (χ3v) is 6.67. The highest BCUT2D eigenvalue weighted by molar-refractivity contribution is 5.88. The Morgan fingerprint density at radius 2 is 1.50 bits per heavy atom. The van der Waals surface area contributed by atoms with Gasteiger partial charge in [0.05, 0.1) is 0 Å². The van der Waals surface area contributed by atoms with Crippen LogP contribution in [0, 0.1) is 6.92 Å². The minimum atomic E-state index is -0.581. The predicted molar refractivity (Wildman–Crippen MR) is 148 cm³/mol. The summed E-state index contributed by atoms with van der Waals surface area (Å²) in [5, 5.41) is 2.96. The molecular formula is C32H40N2O2. The van der Waals surface area contributed by atoms with E-state index in [-0.39, 0.29) is 17.2 Å². The molecule has 3 aromatic carbocycles. The molecule has 0 bridgehead atoms. The Morgan fingerprint density at radius 3 is 2.11 bits per heavy atom. The molecular weight excluding hydrogens is 444 g/mol. The third-order valence-electron chi connectivity index (χ3n) is 6.67. The number of likely N-dealkylation sites (N-methyl/N-ethyl adjacent to an activating group) is 1. The van der Waals surface area contributed by atoms with Gasteiger partial charge in [0.2, 0.25) is 11.8 Å². The van der Waals surface area contributed by atoms with Crippen LogP contribution in [0.5, 0.6) is 0 Å². The first-order chi connectivity index (χ1) is 17.2. The fourth-order valence-corrected chi connectivity index (χ4v) is 4.38. The Labute approximate surface area is 216 Å². The predicted octanol–water partition coefficient (Wildman–Crippen LogP) is 6.00. The fourth-order valence-electron chi connectivity index (χ4n) is 4.38. The molecule has 3 aromatic rings. The number of amides is 2. The van der Waals surface area contributed by atoms with Gasteiger partial charge in [0.25, 0.3) is 0 Å². The van der Waals surface area contributed by atoms with Crippen molar-refractivity contribution in [1.82, 2.24) is 10.2 Å². The molecule has 0 aliphatic rings. The molecule has 0 spiro atoms. The molecule has 1 N–H and O–H groups in total. The average Bonchev–Trinajstić information content (AvgIpc) is 2.86. The summed E-state index contributed by atoms with van der Waals surface area (Å²) in [7, 11) is 0. The molecule has 3 rings (SSSR count). The smallest absolute Gasteiger partial charge is 0.243 e. The number of carbonyl (C=O) groups is 2. The summed E-state index contributed by atoms with van der Waals surface area (Å²) in [6.07, 6.45) is 1.47. The molecule has 0 heterocycles. The van der Waals surface area contributed by atoms with E-state index in [1.54, 1.807) is 4.90 Å². The van der Waals surface area contributed by atoms with Crippen LogP contribution in [-0.2, 0) is 34.4 Å². The quantitative estimate of drug-likeness (QED) is 0.384. The summed E-state index contributed by atoms with van der Waals surface area (Å²) in [5.41, 5.74) is 5.71. The molecule has 190 valence electrons. The molecule has 0 saturated carbocycles. The first-order valence-corrected chi connectivity index (χ1v) is 12.9. The minimum Gasteiger partial charge on any atom is -0.355 e. The van der Waals surface area contributed by atoms with Crippen LogP contribution in [0.3, 0.4) is 0 Å². The van der Waals surface area contributed by atoms with E-state index in [9.17, 15) is 9.59 Å². The fraction of sp³-hybridized carbons (Fsp3) is 0.375. The van der Waals surface area contributed by atoms with Gasteiger partial charge in [-0.1, -0.05) is 99.6 Å². The number of rotatable bonds is 10. The minimum absolute atomic E-state index is 0.00895. The Bertz CT molecular complexity index is 1130. The highest BCUT2D eigenvalue weighted by atomic mass is 16.2. The maximum atomic E-state index is 13.7. The second-order valence-electron chi connectivity index (χ2n) is 10.5. The second-order valence-corrected chi connectivity index (χ2v) is 10.5. The number of carbonyl (C=O) groups excluding carboxylic acids is 2. The van der Waals surface area contributed by atoms with Crippen LogP contribution >= 0.6 is 0 Å². The Hall–Kier alpha value is -3.40. The number of nitrogens with one attached hydrogen (secondary N) is 1. The number of nitrogens with zero attached hydrogens (tertiary/aromatic N) is 1. The zero-order valence-corrected chi connectivity index (χ0v) is 22.4. The van der Waals surface area contributed by atoms with Crippen LogP contribution < -0.4 is 5.32 Å². The van der Waals surface area contributed by atoms with Crippen molar-refractivity contribution in [2.24, 2.45) is 0 Å². The van der Waals surface area contributed by atoms with Crippen LogP contribution in [0.15, 0.2) is 78.9 Å². The number of hydrogen-bond donors (Lipinski definition) is 1. The van der Waals surface area contributed by atoms with Gasteiger partial charge in [-0.05, 0) is 53.5 Å². The summed E-state index contributed by atoms with van der Waals surface area (Å²) < 4.78 is 0. The molecule has 36 heavy (non-hydrogen) atoms. The van der Waals surface area contributed by atoms with Gasteiger partial charge in [0.15, 0.2) is 0 Å². The van der Waals surface area contributed by atoms with Gasteiger partial charge >= 0.3 is 0 Å². The molecule has 0 aromatic heterocycles. The lowest BCUT2D eigenvalue weighted by Crippen LogP contribution is -2.50. The Balaban J connectivity index is 1.86. The van der Waals surface area contributed by atoms with Gasteiger partial charge in [0, 0.05) is 25.9 Å². The van der Waals surface area contributed by atoms with E-state index in [1.165, 1.54) is 5.56 Å². The van der Waals surface area contributed by atoms with E-state index in [0.717, 1.165) is 22.3 Å². The van der Waals surface area contributed by atoms with Crippen LogP contribution in [0.1, 0.15) is 61.9 Å². The summed E-state index contributed by atoms with van der Waals surface area (Å²) in [6.45, 7) is 11.5. The first kappa shape index (κ1) is 27.2. The molecule has 0 saturated heterocycles. The van der Waals surface area contributed by atoms with E-state index in [1.807, 2.05) is 68.4 Å². The van der Waals surface area contributed by atoms with Crippen molar-refractivity contribution in [2.75, 3.05) is 6.54 Å². The van der Waals surface area contributed by atoms with Crippen LogP contribution in [0.4, 0.5) is 0 Å². The molecule has 4 heteroatoms. The summed E-state index contributed by atoms with van der Waals surface area (Å²) in [4.78, 5) is 28.8. The zero-order chi connectivity index (χ0) is 26.1. The standard InChI is InChI=1S/C32H40N2O2/c1-6-33-31(36)29(22-26-13-8-7-9-14-26)34(23-27-15-11-10-12-24(27)2)30(35)21-18-25-16-19-28(20-17-25)32(3,4)5/h7-17,19-20,29H,6,18,21-23H2,1-5H3,(H,33,36). The number of benzene rings is 3. The normalized spacial score (nSPS) is 12.1. The molecule has 0 fully saturated rings. The average molecular weight is 485 g/mol. The molecule has 1 atom stereocenters. The summed E-state index contributed by atoms with van der Waals surface area (Å²) in [6, 6.07) is 26.0. The number of aryl methyl sites for hydroxylation is 2. The highest BCUT2D eigenvalue weighted by Gasteiger charge is 2.30. The maximum Gasteiger partial charge on any atom is 0.243 e. The van der Waals surface area contributed by atoms with Crippen molar-refractivity contribution >= 4 is 11.8 Å². The third kappa shape index (κ3) is 7.55. The highest BCUT2D eigenvalue weighted by Crippen LogP contribution is 2.23. The van der Waals surface area contributed by atoms with Gasteiger partial charge < -0.3 is 10.2 Å². The van der Waals surface area contributed by atoms with Crippen LogP contribution in [-0.4, -0.2) is 29.3 Å². The maximum absolute atomic E-state index is 13.7. The van der Waals surface area contributed by atoms with E-state index in [4.69, 9.17) is 0 Å². The molecule has 2 amide bonds. The van der Waals surface area contributed by atoms with Crippen molar-refractivity contribution in [3.63, 3.8) is 0 Å². The molecule has 0 aliphatic carbocycles. The lowest BCUT2D eigenvalue weighted by atomic mass is 9.86. The SMILES string of the molecule is CCNC(=O)C(Cc1ccccc1)N(Cc1ccccc1C)C(=O)CCc1ccc(C(C)(C)C)cc1. The lowest BCUT2D eigenvalue weighted by molar-refractivity contribution is -0.141. The molecule has 4 nitrogen and oxygen atoms in total. The van der Waals surface area contributed by atoms with Crippen molar-refractivity contribution in [3.05, 3.63) is 107 Å². The monoisotopic (exact) mass is 484 g/mol. The summed E-state index contributed by atoms with van der Waals surface area (Å²) in [5.74, 6) is -0.122. The van der Waals surface area contributed by atoms with Crippen molar-refractivity contribution in [3.8, 4) is 0 Å². The molecule has 0 radical (unpaired) electrons. The number of hydrogen-bond acceptors (Lipinski definition) is 2. The van der Waals surface area contributed by atoms with Gasteiger partial charge in [-0.3, -0.25) is 9.59 Å². The van der Waals surface area contributed by atoms with E-state index in [0.29, 0.717) is 32.4 Å². The van der Waals surface area contributed by atoms with E-state index < -0.39 is 6.04 Å². The van der Waals surface area contributed by atoms with Crippen molar-refractivity contribution < 1.29 is 9.59 Å². The second kappa shape index (κ2) is 12.5. The van der Waals surface area contributed by atoms with Crippen LogP contribution in [0.2, 0.25) is 0 Å². The zero-order valence-electron chi connectivity index (χ0n) is 22.4. The van der Waals surface area contributed by atoms with Gasteiger partial charge in [0.1, 0.15) is 6.04 Å². The van der Waals surface area contributed by atoms with Gasteiger partial charge in [-0.2, -0.15) is 0 Å². The Kier molecular flexibility index (Phi) is 9.46. The Morgan fingerprint density at radius 1 is 0.861 bits per heavy atom. The topological polar surface area (TPSA) is 49.4 Å². The van der Waals surface area contributed by atoms with Gasteiger partial charge in [-0.15, -0.1) is 0 Å². The van der Waals surface area contributed by atoms with Gasteiger partial charge in [-0.25, -0.2) is 0 Å². The van der Waals surface area contributed by atoms with Crippen LogP contribution in [0.25, 0.3) is 0 Å². The molecule has 1 unspecified atom stereocenters. The van der Waals surface area contributed by atoms with E-state index >= 15 is 0 Å². The summed E-state index contributed by atoms with van der Waals surface area (Å²) >= 11 is 0. The largest absolute Gasteiger partial charge is 0.355 e. The molecule has 0 aliphatic heterocycles. The van der Waals surface area contributed by atoms with E-state index in [2.05, 4.69) is 50.4 Å².